The predicted molar refractivity (Wildman–Crippen MR) is 75.4 cm³/mol. The van der Waals surface area contributed by atoms with E-state index in [0.29, 0.717) is 17.5 Å². The summed E-state index contributed by atoms with van der Waals surface area (Å²) >= 11 is 0. The third kappa shape index (κ3) is 3.64. The van der Waals surface area contributed by atoms with Crippen LogP contribution in [0.3, 0.4) is 0 Å². The normalized spacial score (nSPS) is 10.3. The lowest BCUT2D eigenvalue weighted by atomic mass is 10.2. The van der Waals surface area contributed by atoms with Gasteiger partial charge in [-0.15, -0.1) is 0 Å². The molecule has 2 aromatic rings. The minimum Gasteiger partial charge on any atom is -0.354 e. The van der Waals surface area contributed by atoms with Crippen molar-refractivity contribution in [1.29, 1.82) is 0 Å². The molecule has 19 heavy (non-hydrogen) atoms. The van der Waals surface area contributed by atoms with E-state index in [1.807, 2.05) is 32.9 Å². The lowest BCUT2D eigenvalue weighted by Crippen LogP contribution is -2.05. The van der Waals surface area contributed by atoms with Gasteiger partial charge in [0.1, 0.15) is 11.6 Å². The van der Waals surface area contributed by atoms with Crippen molar-refractivity contribution in [3.63, 3.8) is 0 Å². The molecule has 0 aliphatic carbocycles. The maximum absolute atomic E-state index is 13.3. The van der Waals surface area contributed by atoms with Crippen molar-refractivity contribution in [1.82, 2.24) is 9.97 Å². The van der Waals surface area contributed by atoms with Gasteiger partial charge in [-0.25, -0.2) is 9.37 Å². The molecule has 4 nitrogen and oxygen atoms in total. The van der Waals surface area contributed by atoms with Crippen LogP contribution in [0.2, 0.25) is 0 Å². The number of aromatic nitrogens is 2. The van der Waals surface area contributed by atoms with E-state index in [9.17, 15) is 4.39 Å². The lowest BCUT2D eigenvalue weighted by molar-refractivity contribution is 0.627. The molecule has 1 aromatic carbocycles. The number of nitrogens with one attached hydrogen (secondary N) is 2. The van der Waals surface area contributed by atoms with E-state index < -0.39 is 0 Å². The summed E-state index contributed by atoms with van der Waals surface area (Å²) in [5.74, 6) is 0.951. The van der Waals surface area contributed by atoms with Crippen LogP contribution >= 0.6 is 0 Å². The third-order valence-corrected chi connectivity index (χ3v) is 2.50. The van der Waals surface area contributed by atoms with Gasteiger partial charge < -0.3 is 10.6 Å². The van der Waals surface area contributed by atoms with Gasteiger partial charge in [-0.05, 0) is 44.5 Å². The molecule has 0 aliphatic heterocycles. The van der Waals surface area contributed by atoms with E-state index in [-0.39, 0.29) is 5.82 Å². The summed E-state index contributed by atoms with van der Waals surface area (Å²) in [4.78, 5) is 8.59. The Balaban J connectivity index is 2.27. The SMILES string of the molecule is CCNc1nc(C)cc(Nc2cc(C)cc(F)c2)n1. The number of anilines is 3. The van der Waals surface area contributed by atoms with Crippen LogP contribution in [0.15, 0.2) is 24.3 Å². The van der Waals surface area contributed by atoms with Gasteiger partial charge in [-0.3, -0.25) is 0 Å². The van der Waals surface area contributed by atoms with Gasteiger partial charge in [0.25, 0.3) is 0 Å². The Morgan fingerprint density at radius 1 is 1.11 bits per heavy atom. The maximum atomic E-state index is 13.3. The van der Waals surface area contributed by atoms with E-state index in [2.05, 4.69) is 20.6 Å². The molecule has 100 valence electrons. The first-order valence-corrected chi connectivity index (χ1v) is 6.20. The van der Waals surface area contributed by atoms with Gasteiger partial charge in [0, 0.05) is 24.0 Å². The molecule has 0 saturated heterocycles. The Hall–Kier alpha value is -2.17. The average Bonchev–Trinajstić information content (AvgIpc) is 2.26. The fourth-order valence-corrected chi connectivity index (χ4v) is 1.83. The van der Waals surface area contributed by atoms with Crippen LogP contribution in [0, 0.1) is 19.7 Å². The first kappa shape index (κ1) is 13.3. The first-order valence-electron chi connectivity index (χ1n) is 6.20. The highest BCUT2D eigenvalue weighted by atomic mass is 19.1. The monoisotopic (exact) mass is 260 g/mol. The number of halogens is 1. The highest BCUT2D eigenvalue weighted by Gasteiger charge is 2.03. The Kier molecular flexibility index (Phi) is 3.94. The van der Waals surface area contributed by atoms with Crippen molar-refractivity contribution in [3.8, 4) is 0 Å². The summed E-state index contributed by atoms with van der Waals surface area (Å²) in [5, 5.41) is 6.16. The largest absolute Gasteiger partial charge is 0.354 e. The summed E-state index contributed by atoms with van der Waals surface area (Å²) < 4.78 is 13.3. The Labute approximate surface area is 112 Å². The molecule has 2 rings (SSSR count). The molecule has 0 unspecified atom stereocenters. The van der Waals surface area contributed by atoms with Crippen molar-refractivity contribution in [2.24, 2.45) is 0 Å². The van der Waals surface area contributed by atoms with Crippen LogP contribution in [0.4, 0.5) is 21.8 Å². The lowest BCUT2D eigenvalue weighted by Gasteiger charge is -2.09. The van der Waals surface area contributed by atoms with E-state index in [0.717, 1.165) is 17.8 Å². The zero-order chi connectivity index (χ0) is 13.8. The van der Waals surface area contributed by atoms with Gasteiger partial charge in [-0.2, -0.15) is 4.98 Å². The van der Waals surface area contributed by atoms with Crippen molar-refractivity contribution >= 4 is 17.5 Å². The molecule has 0 saturated carbocycles. The summed E-state index contributed by atoms with van der Waals surface area (Å²) in [6.07, 6.45) is 0. The van der Waals surface area contributed by atoms with Gasteiger partial charge in [0.2, 0.25) is 5.95 Å². The zero-order valence-electron chi connectivity index (χ0n) is 11.3. The second-order valence-electron chi connectivity index (χ2n) is 4.39. The van der Waals surface area contributed by atoms with Gasteiger partial charge >= 0.3 is 0 Å². The van der Waals surface area contributed by atoms with E-state index >= 15 is 0 Å². The molecular weight excluding hydrogens is 243 g/mol. The molecule has 0 amide bonds. The number of benzene rings is 1. The molecule has 0 spiro atoms. The molecular formula is C14H17FN4. The number of hydrogen-bond donors (Lipinski definition) is 2. The standard InChI is InChI=1S/C14H17FN4/c1-4-16-14-17-10(3)7-13(19-14)18-12-6-9(2)5-11(15)8-12/h5-8H,4H2,1-3H3,(H2,16,17,18,19). The maximum Gasteiger partial charge on any atom is 0.224 e. The van der Waals surface area contributed by atoms with Crippen LogP contribution in [-0.2, 0) is 0 Å². The summed E-state index contributed by atoms with van der Waals surface area (Å²) in [6, 6.07) is 6.62. The van der Waals surface area contributed by atoms with E-state index in [1.165, 1.54) is 12.1 Å². The smallest absolute Gasteiger partial charge is 0.224 e. The van der Waals surface area contributed by atoms with Crippen molar-refractivity contribution in [2.75, 3.05) is 17.2 Å². The molecule has 5 heteroatoms. The Bertz CT molecular complexity index is 563. The second-order valence-corrected chi connectivity index (χ2v) is 4.39. The van der Waals surface area contributed by atoms with E-state index in [1.54, 1.807) is 0 Å². The van der Waals surface area contributed by atoms with Crippen LogP contribution in [-0.4, -0.2) is 16.5 Å². The highest BCUT2D eigenvalue weighted by molar-refractivity contribution is 5.58. The average molecular weight is 260 g/mol. The summed E-state index contributed by atoms with van der Waals surface area (Å²) in [7, 11) is 0. The molecule has 0 aliphatic rings. The topological polar surface area (TPSA) is 49.8 Å². The zero-order valence-corrected chi connectivity index (χ0v) is 11.3. The van der Waals surface area contributed by atoms with Crippen LogP contribution in [0.5, 0.6) is 0 Å². The second kappa shape index (κ2) is 5.65. The van der Waals surface area contributed by atoms with Crippen molar-refractivity contribution in [3.05, 3.63) is 41.3 Å². The molecule has 1 aromatic heterocycles. The van der Waals surface area contributed by atoms with Crippen LogP contribution < -0.4 is 10.6 Å². The summed E-state index contributed by atoms with van der Waals surface area (Å²) in [5.41, 5.74) is 2.39. The number of rotatable bonds is 4. The minimum atomic E-state index is -0.264. The molecule has 0 atom stereocenters. The first-order chi connectivity index (χ1) is 9.06. The minimum absolute atomic E-state index is 0.264. The van der Waals surface area contributed by atoms with Gasteiger partial charge in [0.15, 0.2) is 0 Å². The molecule has 0 fully saturated rings. The fourth-order valence-electron chi connectivity index (χ4n) is 1.83. The molecule has 2 N–H and O–H groups in total. The molecule has 0 radical (unpaired) electrons. The van der Waals surface area contributed by atoms with E-state index in [4.69, 9.17) is 0 Å². The quantitative estimate of drug-likeness (QED) is 0.884. The highest BCUT2D eigenvalue weighted by Crippen LogP contribution is 2.19. The number of nitrogens with zero attached hydrogens (tertiary/aromatic N) is 2. The van der Waals surface area contributed by atoms with Crippen LogP contribution in [0.25, 0.3) is 0 Å². The predicted octanol–water partition coefficient (Wildman–Crippen LogP) is 3.41. The summed E-state index contributed by atoms with van der Waals surface area (Å²) in [6.45, 7) is 6.48. The van der Waals surface area contributed by atoms with Gasteiger partial charge in [-0.1, -0.05) is 0 Å². The molecule has 0 bridgehead atoms. The van der Waals surface area contributed by atoms with Crippen molar-refractivity contribution < 1.29 is 4.39 Å². The number of aryl methyl sites for hydroxylation is 2. The Morgan fingerprint density at radius 3 is 2.58 bits per heavy atom. The Morgan fingerprint density at radius 2 is 1.89 bits per heavy atom. The van der Waals surface area contributed by atoms with Gasteiger partial charge in [0.05, 0.1) is 0 Å². The third-order valence-electron chi connectivity index (χ3n) is 2.50. The number of hydrogen-bond acceptors (Lipinski definition) is 4. The fraction of sp³-hybridized carbons (Fsp3) is 0.286. The van der Waals surface area contributed by atoms with Crippen LogP contribution in [0.1, 0.15) is 18.2 Å². The molecule has 1 heterocycles. The van der Waals surface area contributed by atoms with Crippen molar-refractivity contribution in [2.45, 2.75) is 20.8 Å².